The van der Waals surface area contributed by atoms with Crippen molar-refractivity contribution in [2.75, 3.05) is 0 Å². The van der Waals surface area contributed by atoms with E-state index in [-0.39, 0.29) is 17.5 Å². The summed E-state index contributed by atoms with van der Waals surface area (Å²) in [6, 6.07) is 5.31. The van der Waals surface area contributed by atoms with Crippen LogP contribution in [-0.2, 0) is 0 Å². The van der Waals surface area contributed by atoms with Crippen molar-refractivity contribution in [2.45, 2.75) is 52.6 Å². The zero-order chi connectivity index (χ0) is 15.7. The predicted octanol–water partition coefficient (Wildman–Crippen LogP) is 3.34. The first-order chi connectivity index (χ1) is 9.81. The average Bonchev–Trinajstić information content (AvgIpc) is 3.22. The van der Waals surface area contributed by atoms with Crippen molar-refractivity contribution in [3.63, 3.8) is 0 Å². The van der Waals surface area contributed by atoms with Crippen LogP contribution in [0.15, 0.2) is 18.2 Å². The Labute approximate surface area is 125 Å². The number of carboxylic acids is 1. The SMILES string of the molecule is Cc1cc(C(=O)O)cc(C(=O)N(C2CC2)C(C)C(C)C)c1. The quantitative estimate of drug-likeness (QED) is 0.904. The number of carbonyl (C=O) groups is 2. The first kappa shape index (κ1) is 15.5. The predicted molar refractivity (Wildman–Crippen MR) is 81.6 cm³/mol. The molecule has 0 saturated heterocycles. The Bertz CT molecular complexity index is 561. The second-order valence-electron chi connectivity index (χ2n) is 6.32. The van der Waals surface area contributed by atoms with Crippen LogP contribution < -0.4 is 0 Å². The highest BCUT2D eigenvalue weighted by atomic mass is 16.4. The van der Waals surface area contributed by atoms with E-state index in [1.807, 2.05) is 11.8 Å². The molecule has 1 aromatic carbocycles. The second kappa shape index (κ2) is 5.88. The summed E-state index contributed by atoms with van der Waals surface area (Å²) in [5, 5.41) is 9.15. The standard InChI is InChI=1S/C17H23NO3/c1-10(2)12(4)18(15-5-6-15)16(19)13-7-11(3)8-14(9-13)17(20)21/h7-10,12,15H,5-6H2,1-4H3,(H,20,21). The van der Waals surface area contributed by atoms with E-state index in [1.54, 1.807) is 12.1 Å². The molecule has 1 aliphatic carbocycles. The highest BCUT2D eigenvalue weighted by Gasteiger charge is 2.37. The topological polar surface area (TPSA) is 57.6 Å². The van der Waals surface area contributed by atoms with Gasteiger partial charge in [-0.15, -0.1) is 0 Å². The van der Waals surface area contributed by atoms with Crippen molar-refractivity contribution in [3.8, 4) is 0 Å². The van der Waals surface area contributed by atoms with E-state index in [0.29, 0.717) is 17.5 Å². The third kappa shape index (κ3) is 3.43. The molecule has 1 aliphatic rings. The second-order valence-corrected chi connectivity index (χ2v) is 6.32. The van der Waals surface area contributed by atoms with Crippen LogP contribution in [0.5, 0.6) is 0 Å². The number of aryl methyl sites for hydroxylation is 1. The molecule has 0 aliphatic heterocycles. The molecule has 1 amide bonds. The zero-order valence-electron chi connectivity index (χ0n) is 13.1. The van der Waals surface area contributed by atoms with Crippen LogP contribution in [0.2, 0.25) is 0 Å². The number of aromatic carboxylic acids is 1. The minimum absolute atomic E-state index is 0.0510. The molecule has 1 fully saturated rings. The van der Waals surface area contributed by atoms with Crippen molar-refractivity contribution >= 4 is 11.9 Å². The molecule has 1 N–H and O–H groups in total. The van der Waals surface area contributed by atoms with Gasteiger partial charge in [-0.05, 0) is 56.4 Å². The van der Waals surface area contributed by atoms with E-state index in [2.05, 4.69) is 20.8 Å². The van der Waals surface area contributed by atoms with E-state index in [1.165, 1.54) is 6.07 Å². The number of hydrogen-bond acceptors (Lipinski definition) is 2. The molecular formula is C17H23NO3. The minimum atomic E-state index is -0.998. The highest BCUT2D eigenvalue weighted by Crippen LogP contribution is 2.32. The van der Waals surface area contributed by atoms with E-state index in [0.717, 1.165) is 18.4 Å². The van der Waals surface area contributed by atoms with Crippen LogP contribution in [0.4, 0.5) is 0 Å². The van der Waals surface area contributed by atoms with Gasteiger partial charge in [-0.2, -0.15) is 0 Å². The molecule has 0 radical (unpaired) electrons. The molecule has 0 heterocycles. The van der Waals surface area contributed by atoms with Crippen molar-refractivity contribution < 1.29 is 14.7 Å². The van der Waals surface area contributed by atoms with Gasteiger partial charge >= 0.3 is 5.97 Å². The van der Waals surface area contributed by atoms with E-state index < -0.39 is 5.97 Å². The Morgan fingerprint density at radius 1 is 1.14 bits per heavy atom. The van der Waals surface area contributed by atoms with Crippen LogP contribution in [0, 0.1) is 12.8 Å². The van der Waals surface area contributed by atoms with Crippen molar-refractivity contribution in [1.82, 2.24) is 4.90 Å². The lowest BCUT2D eigenvalue weighted by Crippen LogP contribution is -2.43. The fourth-order valence-corrected chi connectivity index (χ4v) is 2.54. The van der Waals surface area contributed by atoms with Gasteiger partial charge in [-0.1, -0.05) is 13.8 Å². The van der Waals surface area contributed by atoms with Gasteiger partial charge in [0.25, 0.3) is 5.91 Å². The number of benzene rings is 1. The fraction of sp³-hybridized carbons (Fsp3) is 0.529. The van der Waals surface area contributed by atoms with E-state index >= 15 is 0 Å². The molecule has 1 atom stereocenters. The first-order valence-corrected chi connectivity index (χ1v) is 7.49. The van der Waals surface area contributed by atoms with Crippen LogP contribution >= 0.6 is 0 Å². The molecule has 21 heavy (non-hydrogen) atoms. The Morgan fingerprint density at radius 3 is 2.19 bits per heavy atom. The number of carboxylic acid groups (broad SMARTS) is 1. The number of carbonyl (C=O) groups excluding carboxylic acids is 1. The summed E-state index contributed by atoms with van der Waals surface area (Å²) in [6.45, 7) is 8.09. The first-order valence-electron chi connectivity index (χ1n) is 7.49. The van der Waals surface area contributed by atoms with Crippen molar-refractivity contribution in [2.24, 2.45) is 5.92 Å². The monoisotopic (exact) mass is 289 g/mol. The normalized spacial score (nSPS) is 15.9. The smallest absolute Gasteiger partial charge is 0.335 e. The van der Waals surface area contributed by atoms with Gasteiger partial charge in [0.15, 0.2) is 0 Å². The summed E-state index contributed by atoms with van der Waals surface area (Å²) >= 11 is 0. The van der Waals surface area contributed by atoms with Gasteiger partial charge in [-0.25, -0.2) is 4.79 Å². The van der Waals surface area contributed by atoms with Crippen LogP contribution in [0.25, 0.3) is 0 Å². The molecule has 0 spiro atoms. The molecule has 4 nitrogen and oxygen atoms in total. The zero-order valence-corrected chi connectivity index (χ0v) is 13.1. The Balaban J connectivity index is 2.35. The van der Waals surface area contributed by atoms with Gasteiger partial charge < -0.3 is 10.0 Å². The summed E-state index contributed by atoms with van der Waals surface area (Å²) in [6.07, 6.45) is 2.08. The maximum atomic E-state index is 12.8. The lowest BCUT2D eigenvalue weighted by molar-refractivity contribution is 0.0627. The molecule has 1 unspecified atom stereocenters. The number of rotatable bonds is 5. The largest absolute Gasteiger partial charge is 0.478 e. The lowest BCUT2D eigenvalue weighted by atomic mass is 10.0. The molecule has 0 aromatic heterocycles. The molecule has 114 valence electrons. The highest BCUT2D eigenvalue weighted by molar-refractivity contribution is 5.98. The number of nitrogens with zero attached hydrogens (tertiary/aromatic N) is 1. The minimum Gasteiger partial charge on any atom is -0.478 e. The lowest BCUT2D eigenvalue weighted by Gasteiger charge is -2.32. The summed E-state index contributed by atoms with van der Waals surface area (Å²) in [4.78, 5) is 25.9. The average molecular weight is 289 g/mol. The van der Waals surface area contributed by atoms with Gasteiger partial charge in [-0.3, -0.25) is 4.79 Å². The Kier molecular flexibility index (Phi) is 4.35. The molecule has 4 heteroatoms. The molecule has 1 aromatic rings. The van der Waals surface area contributed by atoms with Crippen molar-refractivity contribution in [1.29, 1.82) is 0 Å². The van der Waals surface area contributed by atoms with E-state index in [9.17, 15) is 9.59 Å². The summed E-state index contributed by atoms with van der Waals surface area (Å²) in [5.41, 5.74) is 1.45. The van der Waals surface area contributed by atoms with E-state index in [4.69, 9.17) is 5.11 Å². The molecule has 1 saturated carbocycles. The van der Waals surface area contributed by atoms with Gasteiger partial charge in [0.05, 0.1) is 5.56 Å². The summed E-state index contributed by atoms with van der Waals surface area (Å²) in [7, 11) is 0. The molecule has 0 bridgehead atoms. The molecule has 2 rings (SSSR count). The van der Waals surface area contributed by atoms with Gasteiger partial charge in [0.2, 0.25) is 0 Å². The summed E-state index contributed by atoms with van der Waals surface area (Å²) in [5.74, 6) is -0.675. The summed E-state index contributed by atoms with van der Waals surface area (Å²) < 4.78 is 0. The number of hydrogen-bond donors (Lipinski definition) is 1. The molecular weight excluding hydrogens is 266 g/mol. The third-order valence-corrected chi connectivity index (χ3v) is 4.15. The van der Waals surface area contributed by atoms with Gasteiger partial charge in [0, 0.05) is 17.6 Å². The van der Waals surface area contributed by atoms with Crippen molar-refractivity contribution in [3.05, 3.63) is 34.9 Å². The maximum absolute atomic E-state index is 12.8. The Hall–Kier alpha value is -1.84. The van der Waals surface area contributed by atoms with Crippen LogP contribution in [0.1, 0.15) is 59.9 Å². The fourth-order valence-electron chi connectivity index (χ4n) is 2.54. The third-order valence-electron chi connectivity index (χ3n) is 4.15. The number of amides is 1. The van der Waals surface area contributed by atoms with Crippen LogP contribution in [0.3, 0.4) is 0 Å². The maximum Gasteiger partial charge on any atom is 0.335 e. The van der Waals surface area contributed by atoms with Gasteiger partial charge in [0.1, 0.15) is 0 Å². The Morgan fingerprint density at radius 2 is 1.71 bits per heavy atom. The van der Waals surface area contributed by atoms with Crippen LogP contribution in [-0.4, -0.2) is 34.0 Å².